The Morgan fingerprint density at radius 1 is 1.15 bits per heavy atom. The van der Waals surface area contributed by atoms with Crippen LogP contribution in [-0.2, 0) is 11.3 Å². The van der Waals surface area contributed by atoms with Crippen LogP contribution in [0.25, 0.3) is 22.2 Å². The summed E-state index contributed by atoms with van der Waals surface area (Å²) in [7, 11) is 0. The quantitative estimate of drug-likeness (QED) is 0.576. The fourth-order valence-electron chi connectivity index (χ4n) is 5.43. The van der Waals surface area contributed by atoms with E-state index in [-0.39, 0.29) is 16.9 Å². The van der Waals surface area contributed by atoms with Crippen molar-refractivity contribution < 1.29 is 14.6 Å². The van der Waals surface area contributed by atoms with Crippen molar-refractivity contribution in [1.29, 1.82) is 0 Å². The van der Waals surface area contributed by atoms with E-state index < -0.39 is 11.5 Å². The summed E-state index contributed by atoms with van der Waals surface area (Å²) >= 11 is 0. The Kier molecular flexibility index (Phi) is 5.11. The lowest BCUT2D eigenvalue weighted by Crippen LogP contribution is -2.68. The standard InChI is InChI=1S/C25H27N5O4/c31-21-19-11-18(17-1-3-26-4-2-17)15-27-22(19)30(6-5-29-7-9-34-10-8-29)24(33)20(21)23(32)28-25-12-16(13-25)14-25/h1-4,11,15-16,31H,5-10,12-14H2,(H,28,32). The number of carbonyl (C=O) groups is 1. The van der Waals surface area contributed by atoms with Crippen molar-refractivity contribution in [3.8, 4) is 16.9 Å². The number of amides is 1. The Labute approximate surface area is 196 Å². The first kappa shape index (κ1) is 21.2. The molecule has 7 rings (SSSR count). The second-order valence-corrected chi connectivity index (χ2v) is 9.68. The van der Waals surface area contributed by atoms with Crippen molar-refractivity contribution in [3.05, 3.63) is 52.7 Å². The Hall–Kier alpha value is -3.30. The molecule has 0 radical (unpaired) electrons. The predicted molar refractivity (Wildman–Crippen MR) is 126 cm³/mol. The second-order valence-electron chi connectivity index (χ2n) is 9.68. The summed E-state index contributed by atoms with van der Waals surface area (Å²) in [4.78, 5) is 37.6. The number of carbonyl (C=O) groups excluding carboxylic acids is 1. The number of morpholine rings is 1. The lowest BCUT2D eigenvalue weighted by molar-refractivity contribution is -0.0439. The Balaban J connectivity index is 1.43. The number of nitrogens with one attached hydrogen (secondary N) is 1. The molecule has 34 heavy (non-hydrogen) atoms. The Bertz CT molecular complexity index is 1300. The molecule has 3 aliphatic carbocycles. The topological polar surface area (TPSA) is 110 Å². The molecule has 2 bridgehead atoms. The fraction of sp³-hybridized carbons (Fsp3) is 0.440. The number of nitrogens with zero attached hydrogens (tertiary/aromatic N) is 4. The Morgan fingerprint density at radius 3 is 2.56 bits per heavy atom. The second kappa shape index (κ2) is 8.18. The maximum absolute atomic E-state index is 13.5. The van der Waals surface area contributed by atoms with Crippen molar-refractivity contribution in [2.75, 3.05) is 32.8 Å². The molecule has 0 aromatic carbocycles. The molecule has 2 N–H and O–H groups in total. The summed E-state index contributed by atoms with van der Waals surface area (Å²) in [6.07, 6.45) is 7.91. The fourth-order valence-corrected chi connectivity index (χ4v) is 5.43. The maximum atomic E-state index is 13.5. The zero-order valence-corrected chi connectivity index (χ0v) is 18.9. The number of aromatic nitrogens is 3. The minimum Gasteiger partial charge on any atom is -0.506 e. The molecule has 4 aliphatic rings. The van der Waals surface area contributed by atoms with Crippen molar-refractivity contribution in [3.63, 3.8) is 0 Å². The zero-order chi connectivity index (χ0) is 23.3. The molecule has 1 aliphatic heterocycles. The number of pyridine rings is 3. The van der Waals surface area contributed by atoms with Gasteiger partial charge in [-0.15, -0.1) is 0 Å². The number of hydrogen-bond acceptors (Lipinski definition) is 7. The van der Waals surface area contributed by atoms with Gasteiger partial charge in [-0.25, -0.2) is 4.98 Å². The summed E-state index contributed by atoms with van der Waals surface area (Å²) in [5.41, 5.74) is 1.12. The van der Waals surface area contributed by atoms with Gasteiger partial charge in [0, 0.05) is 55.9 Å². The molecule has 0 spiro atoms. The van der Waals surface area contributed by atoms with Gasteiger partial charge in [0.1, 0.15) is 17.0 Å². The van der Waals surface area contributed by atoms with Gasteiger partial charge in [0.15, 0.2) is 0 Å². The molecular formula is C25H27N5O4. The highest BCUT2D eigenvalue weighted by Crippen LogP contribution is 2.57. The highest BCUT2D eigenvalue weighted by Gasteiger charge is 2.57. The van der Waals surface area contributed by atoms with Crippen LogP contribution in [0.1, 0.15) is 29.6 Å². The molecule has 9 heteroatoms. The van der Waals surface area contributed by atoms with Crippen LogP contribution in [0.4, 0.5) is 0 Å². The van der Waals surface area contributed by atoms with E-state index in [4.69, 9.17) is 4.74 Å². The number of ether oxygens (including phenoxy) is 1. The summed E-state index contributed by atoms with van der Waals surface area (Å²) in [6, 6.07) is 5.49. The first-order valence-electron chi connectivity index (χ1n) is 11.8. The van der Waals surface area contributed by atoms with E-state index in [9.17, 15) is 14.7 Å². The van der Waals surface area contributed by atoms with E-state index in [2.05, 4.69) is 20.2 Å². The van der Waals surface area contributed by atoms with E-state index in [1.165, 1.54) is 4.57 Å². The first-order chi connectivity index (χ1) is 16.5. The Morgan fingerprint density at radius 2 is 1.88 bits per heavy atom. The SMILES string of the molecule is O=C(NC12CC(C1)C2)c1c(O)c2cc(-c3ccncc3)cnc2n(CCN2CCOCC2)c1=O. The van der Waals surface area contributed by atoms with Gasteiger partial charge in [0.2, 0.25) is 0 Å². The van der Waals surface area contributed by atoms with Gasteiger partial charge >= 0.3 is 0 Å². The summed E-state index contributed by atoms with van der Waals surface area (Å²) in [6.45, 7) is 3.90. The van der Waals surface area contributed by atoms with Crippen LogP contribution >= 0.6 is 0 Å². The van der Waals surface area contributed by atoms with Crippen LogP contribution in [-0.4, -0.2) is 68.8 Å². The van der Waals surface area contributed by atoms with E-state index in [0.717, 1.165) is 43.5 Å². The lowest BCUT2D eigenvalue weighted by atomic mass is 9.50. The minimum atomic E-state index is -0.508. The van der Waals surface area contributed by atoms with Gasteiger partial charge in [0.25, 0.3) is 11.5 Å². The van der Waals surface area contributed by atoms with Crippen LogP contribution < -0.4 is 10.9 Å². The molecule has 4 heterocycles. The third-order valence-electron chi connectivity index (χ3n) is 7.47. The van der Waals surface area contributed by atoms with Crippen LogP contribution in [0, 0.1) is 5.92 Å². The van der Waals surface area contributed by atoms with Gasteiger partial charge in [-0.2, -0.15) is 0 Å². The van der Waals surface area contributed by atoms with Gasteiger partial charge in [-0.1, -0.05) is 0 Å². The predicted octanol–water partition coefficient (Wildman–Crippen LogP) is 1.78. The normalized spacial score (nSPS) is 23.8. The number of fused-ring (bicyclic) bond motifs is 1. The smallest absolute Gasteiger partial charge is 0.268 e. The third-order valence-corrected chi connectivity index (χ3v) is 7.47. The molecule has 3 aromatic heterocycles. The monoisotopic (exact) mass is 461 g/mol. The van der Waals surface area contributed by atoms with E-state index in [1.807, 2.05) is 12.1 Å². The molecule has 4 fully saturated rings. The molecule has 1 amide bonds. The molecular weight excluding hydrogens is 434 g/mol. The van der Waals surface area contributed by atoms with Crippen LogP contribution in [0.15, 0.2) is 41.6 Å². The van der Waals surface area contributed by atoms with Crippen LogP contribution in [0.3, 0.4) is 0 Å². The first-order valence-corrected chi connectivity index (χ1v) is 11.8. The number of hydrogen-bond donors (Lipinski definition) is 2. The molecule has 3 aromatic rings. The zero-order valence-electron chi connectivity index (χ0n) is 18.9. The third kappa shape index (κ3) is 3.56. The van der Waals surface area contributed by atoms with Crippen molar-refractivity contribution in [2.24, 2.45) is 5.92 Å². The van der Waals surface area contributed by atoms with E-state index in [0.29, 0.717) is 43.3 Å². The minimum absolute atomic E-state index is 0.201. The summed E-state index contributed by atoms with van der Waals surface area (Å²) in [5.74, 6) is -0.130. The number of aromatic hydroxyl groups is 1. The van der Waals surface area contributed by atoms with Crippen molar-refractivity contribution in [1.82, 2.24) is 24.8 Å². The van der Waals surface area contributed by atoms with E-state index in [1.54, 1.807) is 24.7 Å². The lowest BCUT2D eigenvalue weighted by Gasteiger charge is -2.61. The molecule has 9 nitrogen and oxygen atoms in total. The van der Waals surface area contributed by atoms with Crippen molar-refractivity contribution >= 4 is 16.9 Å². The highest BCUT2D eigenvalue weighted by molar-refractivity contribution is 6.02. The van der Waals surface area contributed by atoms with Crippen LogP contribution in [0.2, 0.25) is 0 Å². The van der Waals surface area contributed by atoms with Gasteiger partial charge in [-0.3, -0.25) is 24.0 Å². The summed E-state index contributed by atoms with van der Waals surface area (Å²) in [5, 5.41) is 14.6. The van der Waals surface area contributed by atoms with Gasteiger partial charge in [0.05, 0.1) is 18.6 Å². The van der Waals surface area contributed by atoms with Crippen molar-refractivity contribution in [2.45, 2.75) is 31.3 Å². The maximum Gasteiger partial charge on any atom is 0.268 e. The summed E-state index contributed by atoms with van der Waals surface area (Å²) < 4.78 is 6.95. The van der Waals surface area contributed by atoms with E-state index >= 15 is 0 Å². The molecule has 1 saturated heterocycles. The number of rotatable bonds is 6. The largest absolute Gasteiger partial charge is 0.506 e. The van der Waals surface area contributed by atoms with Crippen LogP contribution in [0.5, 0.6) is 5.75 Å². The molecule has 0 atom stereocenters. The highest BCUT2D eigenvalue weighted by atomic mass is 16.5. The molecule has 0 unspecified atom stereocenters. The van der Waals surface area contributed by atoms with Gasteiger partial charge < -0.3 is 15.2 Å². The average molecular weight is 462 g/mol. The molecule has 176 valence electrons. The molecule has 3 saturated carbocycles. The average Bonchev–Trinajstić information content (AvgIpc) is 2.81. The van der Waals surface area contributed by atoms with Gasteiger partial charge in [-0.05, 0) is 48.9 Å².